The standard InChI is InChI=1S/C23H23Cl2N5O/c1-15-3-5-18(16(2)13-15)20-7-8-22(28-27-20)29-9-11-30(12-10-29)23(31)26-21-14-17(24)4-6-19(21)25/h3-8,13-14H,9-12H2,1-2H3,(H,26,31). The number of halogens is 2. The average molecular weight is 456 g/mol. The smallest absolute Gasteiger partial charge is 0.322 e. The fourth-order valence-corrected chi connectivity index (χ4v) is 4.00. The normalized spacial score (nSPS) is 13.9. The second-order valence-corrected chi connectivity index (χ2v) is 8.47. The van der Waals surface area contributed by atoms with Gasteiger partial charge in [-0.25, -0.2) is 4.79 Å². The van der Waals surface area contributed by atoms with Gasteiger partial charge in [-0.2, -0.15) is 0 Å². The Balaban J connectivity index is 1.37. The van der Waals surface area contributed by atoms with Crippen LogP contribution in [0.25, 0.3) is 11.3 Å². The van der Waals surface area contributed by atoms with Crippen LogP contribution in [0.15, 0.2) is 48.5 Å². The van der Waals surface area contributed by atoms with Crippen LogP contribution < -0.4 is 10.2 Å². The summed E-state index contributed by atoms with van der Waals surface area (Å²) in [6, 6.07) is 15.1. The molecule has 0 bridgehead atoms. The van der Waals surface area contributed by atoms with Gasteiger partial charge in [-0.15, -0.1) is 10.2 Å². The van der Waals surface area contributed by atoms with E-state index < -0.39 is 0 Å². The third-order valence-electron chi connectivity index (χ3n) is 5.37. The first-order valence-electron chi connectivity index (χ1n) is 10.1. The van der Waals surface area contributed by atoms with Gasteiger partial charge in [-0.05, 0) is 49.7 Å². The molecule has 2 amide bonds. The van der Waals surface area contributed by atoms with Crippen LogP contribution in [0.1, 0.15) is 11.1 Å². The van der Waals surface area contributed by atoms with Gasteiger partial charge in [-0.3, -0.25) is 0 Å². The molecule has 2 heterocycles. The van der Waals surface area contributed by atoms with Crippen LogP contribution in [-0.2, 0) is 0 Å². The van der Waals surface area contributed by atoms with Crippen molar-refractivity contribution in [3.05, 3.63) is 69.7 Å². The van der Waals surface area contributed by atoms with Gasteiger partial charge in [0.1, 0.15) is 0 Å². The number of hydrogen-bond acceptors (Lipinski definition) is 4. The number of rotatable bonds is 3. The van der Waals surface area contributed by atoms with E-state index >= 15 is 0 Å². The van der Waals surface area contributed by atoms with E-state index in [0.717, 1.165) is 17.1 Å². The van der Waals surface area contributed by atoms with E-state index in [-0.39, 0.29) is 6.03 Å². The van der Waals surface area contributed by atoms with Gasteiger partial charge in [0.15, 0.2) is 5.82 Å². The molecule has 31 heavy (non-hydrogen) atoms. The zero-order chi connectivity index (χ0) is 22.0. The molecular formula is C23H23Cl2N5O. The fourth-order valence-electron chi connectivity index (χ4n) is 3.66. The summed E-state index contributed by atoms with van der Waals surface area (Å²) in [6.45, 7) is 6.66. The topological polar surface area (TPSA) is 61.4 Å². The molecule has 1 fully saturated rings. The van der Waals surface area contributed by atoms with E-state index in [4.69, 9.17) is 23.2 Å². The molecule has 2 aromatic carbocycles. The van der Waals surface area contributed by atoms with E-state index in [1.54, 1.807) is 23.1 Å². The van der Waals surface area contributed by atoms with E-state index in [9.17, 15) is 4.79 Å². The summed E-state index contributed by atoms with van der Waals surface area (Å²) in [5, 5.41) is 12.7. The highest BCUT2D eigenvalue weighted by Gasteiger charge is 2.23. The van der Waals surface area contributed by atoms with Crippen molar-refractivity contribution in [1.82, 2.24) is 15.1 Å². The van der Waals surface area contributed by atoms with Crippen molar-refractivity contribution in [3.63, 3.8) is 0 Å². The van der Waals surface area contributed by atoms with Gasteiger partial charge >= 0.3 is 6.03 Å². The minimum absolute atomic E-state index is 0.194. The number of amides is 2. The molecule has 3 aromatic rings. The number of carbonyl (C=O) groups is 1. The van der Waals surface area contributed by atoms with Gasteiger partial charge in [0.05, 0.1) is 16.4 Å². The van der Waals surface area contributed by atoms with Gasteiger partial charge in [0.2, 0.25) is 0 Å². The first kappa shape index (κ1) is 21.4. The third-order valence-corrected chi connectivity index (χ3v) is 5.93. The van der Waals surface area contributed by atoms with E-state index in [1.807, 2.05) is 12.1 Å². The highest BCUT2D eigenvalue weighted by atomic mass is 35.5. The van der Waals surface area contributed by atoms with Gasteiger partial charge < -0.3 is 15.1 Å². The zero-order valence-electron chi connectivity index (χ0n) is 17.4. The molecule has 0 radical (unpaired) electrons. The maximum Gasteiger partial charge on any atom is 0.322 e. The molecule has 8 heteroatoms. The Morgan fingerprint density at radius 2 is 1.71 bits per heavy atom. The lowest BCUT2D eigenvalue weighted by Crippen LogP contribution is -2.50. The van der Waals surface area contributed by atoms with Gasteiger partial charge in [0, 0.05) is 36.8 Å². The predicted octanol–water partition coefficient (Wildman–Crippen LogP) is 5.42. The summed E-state index contributed by atoms with van der Waals surface area (Å²) in [7, 11) is 0. The van der Waals surface area contributed by atoms with Crippen LogP contribution in [0.2, 0.25) is 10.0 Å². The summed E-state index contributed by atoms with van der Waals surface area (Å²) >= 11 is 12.1. The second-order valence-electron chi connectivity index (χ2n) is 7.62. The van der Waals surface area contributed by atoms with Crippen LogP contribution >= 0.6 is 23.2 Å². The number of nitrogens with one attached hydrogen (secondary N) is 1. The summed E-state index contributed by atoms with van der Waals surface area (Å²) in [5.41, 5.74) is 4.87. The number of piperazine rings is 1. The fraction of sp³-hybridized carbons (Fsp3) is 0.261. The number of nitrogens with zero attached hydrogens (tertiary/aromatic N) is 4. The molecule has 1 aromatic heterocycles. The second kappa shape index (κ2) is 9.12. The Morgan fingerprint density at radius 1 is 0.935 bits per heavy atom. The first-order valence-corrected chi connectivity index (χ1v) is 10.8. The van der Waals surface area contributed by atoms with Gasteiger partial charge in [0.25, 0.3) is 0 Å². The van der Waals surface area contributed by atoms with Crippen molar-refractivity contribution < 1.29 is 4.79 Å². The van der Waals surface area contributed by atoms with Crippen molar-refractivity contribution >= 4 is 40.7 Å². The molecule has 160 valence electrons. The molecule has 4 rings (SSSR count). The number of hydrogen-bond donors (Lipinski definition) is 1. The van der Waals surface area contributed by atoms with E-state index in [1.165, 1.54) is 11.1 Å². The molecular weight excluding hydrogens is 433 g/mol. The number of carbonyl (C=O) groups excluding carboxylic acids is 1. The molecule has 6 nitrogen and oxygen atoms in total. The molecule has 0 saturated carbocycles. The SMILES string of the molecule is Cc1ccc(-c2ccc(N3CCN(C(=O)Nc4cc(Cl)ccc4Cl)CC3)nn2)c(C)c1. The Kier molecular flexibility index (Phi) is 6.30. The highest BCUT2D eigenvalue weighted by Crippen LogP contribution is 2.26. The van der Waals surface area contributed by atoms with Crippen LogP contribution in [0.3, 0.4) is 0 Å². The molecule has 1 saturated heterocycles. The molecule has 1 N–H and O–H groups in total. The molecule has 0 aliphatic carbocycles. The molecule has 0 spiro atoms. The summed E-state index contributed by atoms with van der Waals surface area (Å²) in [4.78, 5) is 16.5. The molecule has 1 aliphatic rings. The third kappa shape index (κ3) is 4.92. The maximum absolute atomic E-state index is 12.6. The van der Waals surface area contributed by atoms with Crippen LogP contribution in [0.4, 0.5) is 16.3 Å². The quantitative estimate of drug-likeness (QED) is 0.572. The minimum Gasteiger partial charge on any atom is -0.352 e. The van der Waals surface area contributed by atoms with Crippen LogP contribution in [0, 0.1) is 13.8 Å². The minimum atomic E-state index is -0.194. The maximum atomic E-state index is 12.6. The summed E-state index contributed by atoms with van der Waals surface area (Å²) in [5.74, 6) is 0.812. The van der Waals surface area contributed by atoms with E-state index in [2.05, 4.69) is 52.5 Å². The number of urea groups is 1. The molecule has 1 aliphatic heterocycles. The number of benzene rings is 2. The number of aryl methyl sites for hydroxylation is 2. The predicted molar refractivity (Wildman–Crippen MR) is 126 cm³/mol. The lowest BCUT2D eigenvalue weighted by atomic mass is 10.0. The Labute approximate surface area is 191 Å². The first-order chi connectivity index (χ1) is 14.9. The number of aromatic nitrogens is 2. The Morgan fingerprint density at radius 3 is 2.39 bits per heavy atom. The monoisotopic (exact) mass is 455 g/mol. The van der Waals surface area contributed by atoms with Gasteiger partial charge in [-0.1, -0.05) is 47.0 Å². The average Bonchev–Trinajstić information content (AvgIpc) is 2.77. The van der Waals surface area contributed by atoms with Crippen molar-refractivity contribution in [2.24, 2.45) is 0 Å². The lowest BCUT2D eigenvalue weighted by Gasteiger charge is -2.35. The highest BCUT2D eigenvalue weighted by molar-refractivity contribution is 6.35. The van der Waals surface area contributed by atoms with E-state index in [0.29, 0.717) is 41.9 Å². The molecule has 0 atom stereocenters. The lowest BCUT2D eigenvalue weighted by molar-refractivity contribution is 0.208. The summed E-state index contributed by atoms with van der Waals surface area (Å²) < 4.78 is 0. The summed E-state index contributed by atoms with van der Waals surface area (Å²) in [6.07, 6.45) is 0. The van der Waals surface area contributed by atoms with Crippen molar-refractivity contribution in [1.29, 1.82) is 0 Å². The molecule has 0 unspecified atom stereocenters. The van der Waals surface area contributed by atoms with Crippen LogP contribution in [-0.4, -0.2) is 47.3 Å². The van der Waals surface area contributed by atoms with Crippen LogP contribution in [0.5, 0.6) is 0 Å². The van der Waals surface area contributed by atoms with Crippen molar-refractivity contribution in [2.75, 3.05) is 36.4 Å². The van der Waals surface area contributed by atoms with Crippen molar-refractivity contribution in [2.45, 2.75) is 13.8 Å². The van der Waals surface area contributed by atoms with Crippen molar-refractivity contribution in [3.8, 4) is 11.3 Å². The Hall–Kier alpha value is -2.83. The largest absolute Gasteiger partial charge is 0.352 e. The Bertz CT molecular complexity index is 1100. The number of anilines is 2. The zero-order valence-corrected chi connectivity index (χ0v) is 18.9.